The van der Waals surface area contributed by atoms with Gasteiger partial charge in [-0.05, 0) is 38.3 Å². The van der Waals surface area contributed by atoms with Crippen LogP contribution in [0, 0.1) is 0 Å². The molecule has 7 heteroatoms. The first-order valence-corrected chi connectivity index (χ1v) is 6.94. The predicted octanol–water partition coefficient (Wildman–Crippen LogP) is 2.60. The van der Waals surface area contributed by atoms with Crippen molar-refractivity contribution in [3.8, 4) is 0 Å². The summed E-state index contributed by atoms with van der Waals surface area (Å²) < 4.78 is 0. The van der Waals surface area contributed by atoms with Gasteiger partial charge in [0.2, 0.25) is 5.28 Å². The Morgan fingerprint density at radius 2 is 2.05 bits per heavy atom. The van der Waals surface area contributed by atoms with E-state index in [1.165, 1.54) is 19.3 Å². The molecule has 2 unspecified atom stereocenters. The van der Waals surface area contributed by atoms with Gasteiger partial charge in [-0.15, -0.1) is 0 Å². The van der Waals surface area contributed by atoms with E-state index >= 15 is 0 Å². The maximum Gasteiger partial charge on any atom is 0.226 e. The Labute approximate surface area is 116 Å². The number of hydrogen-bond donors (Lipinski definition) is 2. The first kappa shape index (κ1) is 12.6. The third-order valence-corrected chi connectivity index (χ3v) is 3.88. The molecule has 0 aliphatic carbocycles. The van der Waals surface area contributed by atoms with E-state index in [0.29, 0.717) is 23.5 Å². The fraction of sp³-hybridized carbons (Fsp3) is 0.583. The number of hydrazine groups is 1. The molecule has 6 nitrogen and oxygen atoms in total. The molecule has 1 aliphatic rings. The molecule has 102 valence electrons. The van der Waals surface area contributed by atoms with E-state index < -0.39 is 0 Å². The number of halogens is 1. The van der Waals surface area contributed by atoms with Crippen LogP contribution < -0.4 is 5.43 Å². The number of hydrogen-bond acceptors (Lipinski definition) is 5. The van der Waals surface area contributed by atoms with Gasteiger partial charge in [-0.25, -0.2) is 5.01 Å². The molecule has 0 bridgehead atoms. The van der Waals surface area contributed by atoms with Gasteiger partial charge in [0.05, 0.1) is 11.6 Å². The number of fused-ring (bicyclic) bond motifs is 1. The molecule has 1 aliphatic heterocycles. The van der Waals surface area contributed by atoms with Crippen LogP contribution in [0.5, 0.6) is 0 Å². The standard InChI is InChI=1S/C12H17ClN6/c1-7-4-3-5-8(2)19(7)18-11-9-6-14-17-10(9)15-12(13)16-11/h6-8H,3-5H2,1-2H3,(H2,14,15,16,17,18). The first-order chi connectivity index (χ1) is 9.15. The summed E-state index contributed by atoms with van der Waals surface area (Å²) in [5.41, 5.74) is 4.04. The maximum atomic E-state index is 5.94. The van der Waals surface area contributed by atoms with Crippen LogP contribution in [0.25, 0.3) is 11.0 Å². The Hall–Kier alpha value is -1.40. The minimum Gasteiger partial charge on any atom is -0.302 e. The summed E-state index contributed by atoms with van der Waals surface area (Å²) in [6.45, 7) is 4.44. The van der Waals surface area contributed by atoms with E-state index in [4.69, 9.17) is 11.6 Å². The van der Waals surface area contributed by atoms with E-state index in [0.717, 1.165) is 5.39 Å². The van der Waals surface area contributed by atoms with Crippen molar-refractivity contribution in [2.24, 2.45) is 0 Å². The first-order valence-electron chi connectivity index (χ1n) is 6.57. The minimum absolute atomic E-state index is 0.219. The van der Waals surface area contributed by atoms with Gasteiger partial charge in [0.1, 0.15) is 0 Å². The second-order valence-corrected chi connectivity index (χ2v) is 5.46. The van der Waals surface area contributed by atoms with Crippen LogP contribution in [0.15, 0.2) is 6.20 Å². The van der Waals surface area contributed by atoms with Crippen molar-refractivity contribution in [3.63, 3.8) is 0 Å². The predicted molar refractivity (Wildman–Crippen MR) is 74.9 cm³/mol. The summed E-state index contributed by atoms with van der Waals surface area (Å²) >= 11 is 5.94. The third-order valence-electron chi connectivity index (χ3n) is 3.71. The molecule has 3 heterocycles. The van der Waals surface area contributed by atoms with Crippen LogP contribution in [0.2, 0.25) is 5.28 Å². The summed E-state index contributed by atoms with van der Waals surface area (Å²) in [6.07, 6.45) is 5.36. The zero-order chi connectivity index (χ0) is 13.4. The van der Waals surface area contributed by atoms with Crippen LogP contribution in [0.3, 0.4) is 0 Å². The van der Waals surface area contributed by atoms with Crippen molar-refractivity contribution in [2.45, 2.75) is 45.2 Å². The highest BCUT2D eigenvalue weighted by Crippen LogP contribution is 2.26. The van der Waals surface area contributed by atoms with Crippen molar-refractivity contribution < 1.29 is 0 Å². The quantitative estimate of drug-likeness (QED) is 0.828. The van der Waals surface area contributed by atoms with Gasteiger partial charge < -0.3 is 5.43 Å². The van der Waals surface area contributed by atoms with Gasteiger partial charge >= 0.3 is 0 Å². The van der Waals surface area contributed by atoms with Crippen LogP contribution in [-0.2, 0) is 0 Å². The van der Waals surface area contributed by atoms with Crippen molar-refractivity contribution in [2.75, 3.05) is 5.43 Å². The average molecular weight is 281 g/mol. The maximum absolute atomic E-state index is 5.94. The summed E-state index contributed by atoms with van der Waals surface area (Å²) in [5.74, 6) is 0.712. The van der Waals surface area contributed by atoms with Crippen molar-refractivity contribution in [3.05, 3.63) is 11.5 Å². The molecule has 2 atom stereocenters. The highest BCUT2D eigenvalue weighted by atomic mass is 35.5. The van der Waals surface area contributed by atoms with Gasteiger partial charge in [-0.3, -0.25) is 5.10 Å². The lowest BCUT2D eigenvalue weighted by Crippen LogP contribution is -2.47. The molecular formula is C12H17ClN6. The van der Waals surface area contributed by atoms with E-state index in [1.807, 2.05) is 0 Å². The molecule has 1 saturated heterocycles. The Kier molecular flexibility index (Phi) is 3.28. The van der Waals surface area contributed by atoms with Crippen LogP contribution in [-0.4, -0.2) is 37.3 Å². The highest BCUT2D eigenvalue weighted by Gasteiger charge is 2.25. The number of aromatic nitrogens is 4. The molecule has 0 spiro atoms. The fourth-order valence-corrected chi connectivity index (χ4v) is 2.83. The summed E-state index contributed by atoms with van der Waals surface area (Å²) in [6, 6.07) is 0.943. The molecule has 2 N–H and O–H groups in total. The summed E-state index contributed by atoms with van der Waals surface area (Å²) in [5, 5.41) is 10.1. The molecule has 0 saturated carbocycles. The van der Waals surface area contributed by atoms with Crippen LogP contribution >= 0.6 is 11.6 Å². The lowest BCUT2D eigenvalue weighted by molar-refractivity contribution is 0.135. The molecular weight excluding hydrogens is 264 g/mol. The number of nitrogens with zero attached hydrogens (tertiary/aromatic N) is 4. The SMILES string of the molecule is CC1CCCC(C)N1Nc1nc(Cl)nc2[nH]ncc12. The van der Waals surface area contributed by atoms with E-state index in [-0.39, 0.29) is 5.28 Å². The van der Waals surface area contributed by atoms with Gasteiger partial charge in [0, 0.05) is 12.1 Å². The Bertz CT molecular complexity index is 573. The third kappa shape index (κ3) is 2.37. The number of nitrogens with one attached hydrogen (secondary N) is 2. The normalized spacial score (nSPS) is 24.8. The highest BCUT2D eigenvalue weighted by molar-refractivity contribution is 6.28. The van der Waals surface area contributed by atoms with Gasteiger partial charge in [-0.2, -0.15) is 15.1 Å². The lowest BCUT2D eigenvalue weighted by Gasteiger charge is -2.39. The fourth-order valence-electron chi connectivity index (χ4n) is 2.66. The molecule has 0 radical (unpaired) electrons. The molecule has 2 aromatic rings. The number of H-pyrrole nitrogens is 1. The monoisotopic (exact) mass is 280 g/mol. The Balaban J connectivity index is 1.93. The molecule has 19 heavy (non-hydrogen) atoms. The Morgan fingerprint density at radius 3 is 2.79 bits per heavy atom. The second-order valence-electron chi connectivity index (χ2n) is 5.12. The van der Waals surface area contributed by atoms with Crippen molar-refractivity contribution >= 4 is 28.5 Å². The zero-order valence-corrected chi connectivity index (χ0v) is 11.8. The van der Waals surface area contributed by atoms with Crippen LogP contribution in [0.4, 0.5) is 5.82 Å². The molecule has 0 amide bonds. The second kappa shape index (κ2) is 4.94. The van der Waals surface area contributed by atoms with Gasteiger partial charge in [0.25, 0.3) is 0 Å². The average Bonchev–Trinajstić information content (AvgIpc) is 2.81. The number of rotatable bonds is 2. The topological polar surface area (TPSA) is 69.7 Å². The van der Waals surface area contributed by atoms with Crippen molar-refractivity contribution in [1.29, 1.82) is 0 Å². The van der Waals surface area contributed by atoms with Gasteiger partial charge in [0.15, 0.2) is 11.5 Å². The van der Waals surface area contributed by atoms with E-state index in [2.05, 4.69) is 44.4 Å². The number of aromatic amines is 1. The smallest absolute Gasteiger partial charge is 0.226 e. The van der Waals surface area contributed by atoms with Crippen LogP contribution in [0.1, 0.15) is 33.1 Å². The molecule has 3 rings (SSSR count). The molecule has 0 aromatic carbocycles. The summed E-state index contributed by atoms with van der Waals surface area (Å²) in [4.78, 5) is 8.38. The minimum atomic E-state index is 0.219. The van der Waals surface area contributed by atoms with Gasteiger partial charge in [-0.1, -0.05) is 6.42 Å². The molecule has 1 fully saturated rings. The van der Waals surface area contributed by atoms with E-state index in [1.54, 1.807) is 6.20 Å². The van der Waals surface area contributed by atoms with Crippen molar-refractivity contribution in [1.82, 2.24) is 25.2 Å². The summed E-state index contributed by atoms with van der Waals surface area (Å²) in [7, 11) is 0. The number of anilines is 1. The van der Waals surface area contributed by atoms with E-state index in [9.17, 15) is 0 Å². The Morgan fingerprint density at radius 1 is 1.32 bits per heavy atom. The number of piperidine rings is 1. The largest absolute Gasteiger partial charge is 0.302 e. The molecule has 2 aromatic heterocycles. The zero-order valence-electron chi connectivity index (χ0n) is 11.0. The lowest BCUT2D eigenvalue weighted by atomic mass is 10.00.